The molecular weight excluding hydrogens is 270 g/mol. The van der Waals surface area contributed by atoms with Crippen LogP contribution in [-0.4, -0.2) is 38.3 Å². The molecule has 7 heteroatoms. The molecule has 0 amide bonds. The molecule has 1 fully saturated rings. The van der Waals surface area contributed by atoms with Gasteiger partial charge in [0.25, 0.3) is 0 Å². The number of nitrogens with two attached hydrogens (primary N) is 1. The zero-order valence-electron chi connectivity index (χ0n) is 12.0. The molecule has 1 aliphatic heterocycles. The number of imidazole rings is 1. The van der Waals surface area contributed by atoms with E-state index in [9.17, 15) is 10.1 Å². The van der Waals surface area contributed by atoms with Crippen molar-refractivity contribution >= 4 is 11.5 Å². The second-order valence-electron chi connectivity index (χ2n) is 5.73. The van der Waals surface area contributed by atoms with E-state index in [1.165, 1.54) is 4.40 Å². The van der Waals surface area contributed by atoms with Crippen LogP contribution in [0.15, 0.2) is 24.4 Å². The first kappa shape index (κ1) is 14.0. The normalized spacial score (nSPS) is 23.5. The molecule has 2 N–H and O–H groups in total. The van der Waals surface area contributed by atoms with Crippen molar-refractivity contribution in [2.45, 2.75) is 25.9 Å². The maximum Gasteiger partial charge on any atom is 0.352 e. The summed E-state index contributed by atoms with van der Waals surface area (Å²) in [5.74, 6) is 0.461. The highest BCUT2D eigenvalue weighted by atomic mass is 16.6. The number of piperidine rings is 1. The quantitative estimate of drug-likeness (QED) is 0.681. The molecule has 0 saturated carbocycles. The maximum atomic E-state index is 11.4. The first-order valence-electron chi connectivity index (χ1n) is 7.14. The molecule has 2 atom stereocenters. The summed E-state index contributed by atoms with van der Waals surface area (Å²) >= 11 is 0. The van der Waals surface area contributed by atoms with Crippen LogP contribution in [0.5, 0.6) is 0 Å². The number of nitro groups is 1. The number of hydrogen-bond donors (Lipinski definition) is 1. The van der Waals surface area contributed by atoms with Crippen LogP contribution in [-0.2, 0) is 6.54 Å². The van der Waals surface area contributed by atoms with Gasteiger partial charge in [0.2, 0.25) is 5.65 Å². The van der Waals surface area contributed by atoms with E-state index in [1.807, 2.05) is 6.07 Å². The lowest BCUT2D eigenvalue weighted by Gasteiger charge is -2.34. The average Bonchev–Trinajstić information content (AvgIpc) is 2.80. The van der Waals surface area contributed by atoms with Gasteiger partial charge in [-0.3, -0.25) is 4.90 Å². The maximum absolute atomic E-state index is 11.4. The van der Waals surface area contributed by atoms with E-state index in [0.29, 0.717) is 23.8 Å². The molecule has 2 aromatic rings. The van der Waals surface area contributed by atoms with Gasteiger partial charge in [-0.25, -0.2) is 4.98 Å². The van der Waals surface area contributed by atoms with Crippen molar-refractivity contribution in [3.8, 4) is 0 Å². The van der Waals surface area contributed by atoms with Gasteiger partial charge in [0.1, 0.15) is 0 Å². The fourth-order valence-electron chi connectivity index (χ4n) is 2.94. The summed E-state index contributed by atoms with van der Waals surface area (Å²) in [6.07, 6.45) is 2.60. The van der Waals surface area contributed by atoms with Crippen LogP contribution in [0, 0.1) is 16.0 Å². The Balaban J connectivity index is 1.90. The lowest BCUT2D eigenvalue weighted by atomic mass is 9.95. The van der Waals surface area contributed by atoms with Gasteiger partial charge in [-0.2, -0.15) is 4.40 Å². The van der Waals surface area contributed by atoms with E-state index in [-0.39, 0.29) is 16.8 Å². The van der Waals surface area contributed by atoms with Crippen LogP contribution in [0.2, 0.25) is 0 Å². The molecule has 3 heterocycles. The van der Waals surface area contributed by atoms with E-state index < -0.39 is 0 Å². The molecule has 0 bridgehead atoms. The molecule has 0 radical (unpaired) electrons. The van der Waals surface area contributed by atoms with Gasteiger partial charge in [0.15, 0.2) is 5.69 Å². The molecule has 0 spiro atoms. The Morgan fingerprint density at radius 2 is 2.33 bits per heavy atom. The third-order valence-electron chi connectivity index (χ3n) is 4.18. The van der Waals surface area contributed by atoms with E-state index in [1.54, 1.807) is 18.3 Å². The van der Waals surface area contributed by atoms with Crippen molar-refractivity contribution in [2.24, 2.45) is 11.7 Å². The Kier molecular flexibility index (Phi) is 3.60. The summed E-state index contributed by atoms with van der Waals surface area (Å²) in [6, 6.07) is 5.61. The second kappa shape index (κ2) is 5.42. The molecule has 0 aliphatic carbocycles. The summed E-state index contributed by atoms with van der Waals surface area (Å²) in [5.41, 5.74) is 7.15. The Hall–Kier alpha value is -1.99. The Bertz CT molecular complexity index is 668. The SMILES string of the molecule is CC1CN(Cc2nc3ccccn3c2[N+](=O)[O-])CCC1N. The number of nitrogens with zero attached hydrogens (tertiary/aromatic N) is 4. The Morgan fingerprint density at radius 3 is 3.05 bits per heavy atom. The fourth-order valence-corrected chi connectivity index (χ4v) is 2.94. The lowest BCUT2D eigenvalue weighted by molar-refractivity contribution is -0.391. The standard InChI is InChI=1S/C14H19N5O2/c1-10-8-17(7-5-11(10)15)9-12-14(19(20)21)18-6-3-2-4-13(18)16-12/h2-4,6,10-11H,5,7-9,15H2,1H3. The molecule has 3 rings (SSSR count). The Labute approximate surface area is 122 Å². The predicted molar refractivity (Wildman–Crippen MR) is 78.9 cm³/mol. The van der Waals surface area contributed by atoms with Gasteiger partial charge < -0.3 is 15.8 Å². The summed E-state index contributed by atoms with van der Waals surface area (Å²) in [6.45, 7) is 4.33. The van der Waals surface area contributed by atoms with Crippen molar-refractivity contribution in [1.29, 1.82) is 0 Å². The van der Waals surface area contributed by atoms with Gasteiger partial charge in [-0.15, -0.1) is 0 Å². The number of pyridine rings is 1. The summed E-state index contributed by atoms with van der Waals surface area (Å²) in [5, 5.41) is 11.4. The van der Waals surface area contributed by atoms with Crippen molar-refractivity contribution in [3.63, 3.8) is 0 Å². The van der Waals surface area contributed by atoms with Gasteiger partial charge in [0.05, 0.1) is 6.20 Å². The van der Waals surface area contributed by atoms with E-state index in [0.717, 1.165) is 19.5 Å². The summed E-state index contributed by atoms with van der Waals surface area (Å²) < 4.78 is 1.54. The molecule has 1 aliphatic rings. The van der Waals surface area contributed by atoms with Crippen molar-refractivity contribution in [2.75, 3.05) is 13.1 Å². The van der Waals surface area contributed by atoms with Crippen LogP contribution >= 0.6 is 0 Å². The largest absolute Gasteiger partial charge is 0.358 e. The molecule has 21 heavy (non-hydrogen) atoms. The highest BCUT2D eigenvalue weighted by Crippen LogP contribution is 2.24. The zero-order chi connectivity index (χ0) is 15.0. The third kappa shape index (κ3) is 2.62. The topological polar surface area (TPSA) is 89.7 Å². The second-order valence-corrected chi connectivity index (χ2v) is 5.73. The van der Waals surface area contributed by atoms with Crippen LogP contribution in [0.25, 0.3) is 5.65 Å². The van der Waals surface area contributed by atoms with Gasteiger partial charge >= 0.3 is 5.82 Å². The highest BCUT2D eigenvalue weighted by Gasteiger charge is 2.28. The molecule has 2 unspecified atom stereocenters. The third-order valence-corrected chi connectivity index (χ3v) is 4.18. The first-order chi connectivity index (χ1) is 10.1. The predicted octanol–water partition coefficient (Wildman–Crippen LogP) is 1.41. The molecule has 2 aromatic heterocycles. The minimum Gasteiger partial charge on any atom is -0.358 e. The number of aromatic nitrogens is 2. The molecule has 0 aromatic carbocycles. The van der Waals surface area contributed by atoms with Crippen LogP contribution < -0.4 is 5.73 Å². The van der Waals surface area contributed by atoms with Crippen LogP contribution in [0.4, 0.5) is 5.82 Å². The Morgan fingerprint density at radius 1 is 1.52 bits per heavy atom. The number of fused-ring (bicyclic) bond motifs is 1. The number of likely N-dealkylation sites (tertiary alicyclic amines) is 1. The highest BCUT2D eigenvalue weighted by molar-refractivity contribution is 5.48. The lowest BCUT2D eigenvalue weighted by Crippen LogP contribution is -2.45. The number of hydrogen-bond acceptors (Lipinski definition) is 5. The van der Waals surface area contributed by atoms with Crippen LogP contribution in [0.1, 0.15) is 19.0 Å². The first-order valence-corrected chi connectivity index (χ1v) is 7.14. The molecule has 112 valence electrons. The smallest absolute Gasteiger partial charge is 0.352 e. The monoisotopic (exact) mass is 289 g/mol. The van der Waals surface area contributed by atoms with Gasteiger partial charge in [-0.1, -0.05) is 13.0 Å². The van der Waals surface area contributed by atoms with Crippen LogP contribution in [0.3, 0.4) is 0 Å². The number of rotatable bonds is 3. The zero-order valence-corrected chi connectivity index (χ0v) is 12.0. The van der Waals surface area contributed by atoms with Crippen molar-refractivity contribution in [1.82, 2.24) is 14.3 Å². The molecule has 7 nitrogen and oxygen atoms in total. The molecular formula is C14H19N5O2. The van der Waals surface area contributed by atoms with Crippen molar-refractivity contribution < 1.29 is 4.92 Å². The molecule has 1 saturated heterocycles. The average molecular weight is 289 g/mol. The van der Waals surface area contributed by atoms with E-state index in [4.69, 9.17) is 5.73 Å². The van der Waals surface area contributed by atoms with E-state index >= 15 is 0 Å². The van der Waals surface area contributed by atoms with Gasteiger partial charge in [-0.05, 0) is 23.3 Å². The van der Waals surface area contributed by atoms with Crippen molar-refractivity contribution in [3.05, 3.63) is 40.2 Å². The summed E-state index contributed by atoms with van der Waals surface area (Å²) in [7, 11) is 0. The minimum absolute atomic E-state index is 0.0631. The fraction of sp³-hybridized carbons (Fsp3) is 0.500. The summed E-state index contributed by atoms with van der Waals surface area (Å²) in [4.78, 5) is 17.6. The van der Waals surface area contributed by atoms with Gasteiger partial charge in [0, 0.05) is 31.7 Å². The minimum atomic E-state index is -0.353. The van der Waals surface area contributed by atoms with E-state index in [2.05, 4.69) is 16.8 Å².